The summed E-state index contributed by atoms with van der Waals surface area (Å²) in [6.45, 7) is 4.03. The first-order valence-electron chi connectivity index (χ1n) is 6.81. The summed E-state index contributed by atoms with van der Waals surface area (Å²) in [7, 11) is 0. The molecule has 1 fully saturated rings. The average molecular weight is 264 g/mol. The van der Waals surface area contributed by atoms with Crippen LogP contribution in [0.2, 0.25) is 0 Å². The molecule has 0 atom stereocenters. The molecular formula is C15H20O4. The second-order valence-electron chi connectivity index (χ2n) is 4.51. The molecule has 0 amide bonds. The van der Waals surface area contributed by atoms with Crippen LogP contribution in [0.25, 0.3) is 0 Å². The number of benzene rings is 1. The zero-order valence-electron chi connectivity index (χ0n) is 11.3. The van der Waals surface area contributed by atoms with Crippen LogP contribution in [0.1, 0.15) is 48.4 Å². The van der Waals surface area contributed by atoms with Gasteiger partial charge in [-0.05, 0) is 18.9 Å². The Morgan fingerprint density at radius 3 is 2.84 bits per heavy atom. The Balaban J connectivity index is 2.17. The second-order valence-corrected chi connectivity index (χ2v) is 4.51. The molecule has 4 heteroatoms. The fourth-order valence-electron chi connectivity index (χ4n) is 2.01. The summed E-state index contributed by atoms with van der Waals surface area (Å²) in [4.78, 5) is 11.3. The van der Waals surface area contributed by atoms with E-state index in [4.69, 9.17) is 14.2 Å². The smallest absolute Gasteiger partial charge is 0.184 e. The van der Waals surface area contributed by atoms with Gasteiger partial charge in [0.25, 0.3) is 0 Å². The van der Waals surface area contributed by atoms with Crippen LogP contribution in [0, 0.1) is 0 Å². The van der Waals surface area contributed by atoms with Crippen molar-refractivity contribution in [2.75, 3.05) is 19.8 Å². The van der Waals surface area contributed by atoms with Crippen molar-refractivity contribution in [3.05, 3.63) is 29.3 Å². The van der Waals surface area contributed by atoms with Gasteiger partial charge in [0, 0.05) is 5.56 Å². The molecule has 4 nitrogen and oxygen atoms in total. The van der Waals surface area contributed by atoms with Gasteiger partial charge in [-0.25, -0.2) is 0 Å². The second kappa shape index (κ2) is 7.26. The van der Waals surface area contributed by atoms with Gasteiger partial charge in [0.05, 0.1) is 25.4 Å². The van der Waals surface area contributed by atoms with Crippen molar-refractivity contribution in [1.82, 2.24) is 0 Å². The third-order valence-corrected chi connectivity index (χ3v) is 3.05. The van der Waals surface area contributed by atoms with E-state index in [1.807, 2.05) is 18.2 Å². The summed E-state index contributed by atoms with van der Waals surface area (Å²) in [6, 6.07) is 5.53. The van der Waals surface area contributed by atoms with Crippen molar-refractivity contribution < 1.29 is 19.0 Å². The van der Waals surface area contributed by atoms with Gasteiger partial charge in [0.1, 0.15) is 5.75 Å². The first kappa shape index (κ1) is 14.0. The first-order valence-corrected chi connectivity index (χ1v) is 6.81. The Morgan fingerprint density at radius 2 is 2.16 bits per heavy atom. The molecule has 2 rings (SSSR count). The number of aldehydes is 1. The molecule has 0 bridgehead atoms. The maximum atomic E-state index is 11.3. The molecular weight excluding hydrogens is 244 g/mol. The fourth-order valence-corrected chi connectivity index (χ4v) is 2.01. The number of unbranched alkanes of at least 4 members (excludes halogenated alkanes) is 1. The summed E-state index contributed by atoms with van der Waals surface area (Å²) < 4.78 is 16.8. The van der Waals surface area contributed by atoms with Crippen LogP contribution in [0.4, 0.5) is 0 Å². The van der Waals surface area contributed by atoms with Gasteiger partial charge in [-0.15, -0.1) is 0 Å². The topological polar surface area (TPSA) is 44.8 Å². The largest absolute Gasteiger partial charge is 0.493 e. The Hall–Kier alpha value is -1.39. The minimum atomic E-state index is -0.455. The Kier molecular flexibility index (Phi) is 5.36. The van der Waals surface area contributed by atoms with E-state index in [1.165, 1.54) is 0 Å². The van der Waals surface area contributed by atoms with Crippen LogP contribution in [-0.2, 0) is 9.47 Å². The molecule has 0 unspecified atom stereocenters. The zero-order valence-corrected chi connectivity index (χ0v) is 11.3. The predicted molar refractivity (Wildman–Crippen MR) is 71.5 cm³/mol. The maximum absolute atomic E-state index is 11.3. The summed E-state index contributed by atoms with van der Waals surface area (Å²) in [5, 5.41) is 0. The number of carbonyl (C=O) groups excluding carboxylic acids is 1. The molecule has 19 heavy (non-hydrogen) atoms. The van der Waals surface area contributed by atoms with Crippen LogP contribution in [0.3, 0.4) is 0 Å². The fraction of sp³-hybridized carbons (Fsp3) is 0.533. The van der Waals surface area contributed by atoms with Crippen LogP contribution >= 0.6 is 0 Å². The Bertz CT molecular complexity index is 411. The summed E-state index contributed by atoms with van der Waals surface area (Å²) >= 11 is 0. The van der Waals surface area contributed by atoms with E-state index in [2.05, 4.69) is 6.92 Å². The molecule has 1 saturated heterocycles. The number of carbonyl (C=O) groups is 1. The van der Waals surface area contributed by atoms with Crippen molar-refractivity contribution in [3.8, 4) is 5.75 Å². The third kappa shape index (κ3) is 3.55. The van der Waals surface area contributed by atoms with Gasteiger partial charge < -0.3 is 14.2 Å². The first-order chi connectivity index (χ1) is 9.36. The summed E-state index contributed by atoms with van der Waals surface area (Å²) in [6.07, 6.45) is 3.28. The standard InChI is InChI=1S/C15H20O4/c1-2-3-8-17-14-7-4-6-12(13(14)11-16)15-18-9-5-10-19-15/h4,6-7,11,15H,2-3,5,8-10H2,1H3. The normalized spacial score (nSPS) is 16.3. The Labute approximate surface area is 113 Å². The van der Waals surface area contributed by atoms with Crippen LogP contribution in [0.5, 0.6) is 5.75 Å². The molecule has 0 aromatic heterocycles. The van der Waals surface area contributed by atoms with Crippen LogP contribution in [-0.4, -0.2) is 26.1 Å². The van der Waals surface area contributed by atoms with E-state index >= 15 is 0 Å². The van der Waals surface area contributed by atoms with E-state index in [9.17, 15) is 4.79 Å². The van der Waals surface area contributed by atoms with Gasteiger partial charge in [-0.3, -0.25) is 4.79 Å². The van der Waals surface area contributed by atoms with E-state index in [1.54, 1.807) is 0 Å². The highest BCUT2D eigenvalue weighted by Crippen LogP contribution is 2.30. The molecule has 0 saturated carbocycles. The molecule has 1 aromatic rings. The molecule has 104 valence electrons. The van der Waals surface area contributed by atoms with Gasteiger partial charge in [-0.1, -0.05) is 25.5 Å². The number of ether oxygens (including phenoxy) is 3. The third-order valence-electron chi connectivity index (χ3n) is 3.05. The van der Waals surface area contributed by atoms with Gasteiger partial charge >= 0.3 is 0 Å². The number of rotatable bonds is 6. The summed E-state index contributed by atoms with van der Waals surface area (Å²) in [5.74, 6) is 0.610. The van der Waals surface area contributed by atoms with Crippen LogP contribution in [0.15, 0.2) is 18.2 Å². The molecule has 1 aromatic carbocycles. The van der Waals surface area contributed by atoms with Gasteiger partial charge in [0.15, 0.2) is 12.6 Å². The van der Waals surface area contributed by atoms with Crippen molar-refractivity contribution in [3.63, 3.8) is 0 Å². The molecule has 0 spiro atoms. The van der Waals surface area contributed by atoms with E-state index in [-0.39, 0.29) is 0 Å². The predicted octanol–water partition coefficient (Wildman–Crippen LogP) is 3.11. The van der Waals surface area contributed by atoms with E-state index in [0.717, 1.165) is 31.1 Å². The quantitative estimate of drug-likeness (QED) is 0.585. The summed E-state index contributed by atoms with van der Waals surface area (Å²) in [5.41, 5.74) is 1.29. The molecule has 1 aliphatic heterocycles. The van der Waals surface area contributed by atoms with Crippen molar-refractivity contribution in [2.24, 2.45) is 0 Å². The molecule has 0 radical (unpaired) electrons. The average Bonchev–Trinajstić information content (AvgIpc) is 2.48. The minimum Gasteiger partial charge on any atom is -0.493 e. The maximum Gasteiger partial charge on any atom is 0.184 e. The van der Waals surface area contributed by atoms with Gasteiger partial charge in [-0.2, -0.15) is 0 Å². The molecule has 1 aliphatic rings. The van der Waals surface area contributed by atoms with Crippen molar-refractivity contribution in [2.45, 2.75) is 32.5 Å². The highest BCUT2D eigenvalue weighted by Gasteiger charge is 2.21. The van der Waals surface area contributed by atoms with E-state index in [0.29, 0.717) is 31.1 Å². The van der Waals surface area contributed by atoms with Crippen LogP contribution < -0.4 is 4.74 Å². The lowest BCUT2D eigenvalue weighted by Gasteiger charge is -2.25. The highest BCUT2D eigenvalue weighted by atomic mass is 16.7. The minimum absolute atomic E-state index is 0.455. The molecule has 0 N–H and O–H groups in total. The lowest BCUT2D eigenvalue weighted by Crippen LogP contribution is -2.19. The number of hydrogen-bond acceptors (Lipinski definition) is 4. The van der Waals surface area contributed by atoms with E-state index < -0.39 is 6.29 Å². The lowest BCUT2D eigenvalue weighted by atomic mass is 10.1. The molecule has 1 heterocycles. The number of hydrogen-bond donors (Lipinski definition) is 0. The lowest BCUT2D eigenvalue weighted by molar-refractivity contribution is -0.183. The van der Waals surface area contributed by atoms with Crippen molar-refractivity contribution >= 4 is 6.29 Å². The zero-order chi connectivity index (χ0) is 13.5. The Morgan fingerprint density at radius 1 is 1.37 bits per heavy atom. The molecule has 0 aliphatic carbocycles. The monoisotopic (exact) mass is 264 g/mol. The van der Waals surface area contributed by atoms with Gasteiger partial charge in [0.2, 0.25) is 0 Å². The highest BCUT2D eigenvalue weighted by molar-refractivity contribution is 5.81. The van der Waals surface area contributed by atoms with Crippen molar-refractivity contribution in [1.29, 1.82) is 0 Å². The SMILES string of the molecule is CCCCOc1cccc(C2OCCCO2)c1C=O.